The van der Waals surface area contributed by atoms with Crippen molar-refractivity contribution >= 4 is 5.97 Å². The van der Waals surface area contributed by atoms with Crippen LogP contribution in [-0.4, -0.2) is 12.6 Å². The van der Waals surface area contributed by atoms with Crippen LogP contribution in [0.15, 0.2) is 72.8 Å². The summed E-state index contributed by atoms with van der Waals surface area (Å²) in [6, 6.07) is 24.5. The van der Waals surface area contributed by atoms with Crippen LogP contribution in [0.5, 0.6) is 5.75 Å². The molecule has 0 spiro atoms. The van der Waals surface area contributed by atoms with Crippen LogP contribution in [-0.2, 0) is 17.8 Å². The number of aryl methyl sites for hydroxylation is 1. The van der Waals surface area contributed by atoms with Gasteiger partial charge in [0.1, 0.15) is 12.4 Å². The van der Waals surface area contributed by atoms with E-state index in [1.165, 1.54) is 16.7 Å². The zero-order chi connectivity index (χ0) is 20.9. The molecule has 0 saturated heterocycles. The van der Waals surface area contributed by atoms with E-state index < -0.39 is 0 Å². The van der Waals surface area contributed by atoms with Crippen LogP contribution in [0, 0.1) is 12.8 Å². The topological polar surface area (TPSA) is 35.5 Å². The molecule has 30 heavy (non-hydrogen) atoms. The van der Waals surface area contributed by atoms with Crippen LogP contribution < -0.4 is 4.74 Å². The fraction of sp³-hybridized carbons (Fsp3) is 0.296. The van der Waals surface area contributed by atoms with Gasteiger partial charge in [0.25, 0.3) is 0 Å². The molecule has 0 amide bonds. The molecule has 0 heterocycles. The van der Waals surface area contributed by atoms with Crippen molar-refractivity contribution in [3.8, 4) is 5.75 Å². The van der Waals surface area contributed by atoms with Crippen LogP contribution in [0.4, 0.5) is 0 Å². The second-order valence-corrected chi connectivity index (χ2v) is 7.95. The lowest BCUT2D eigenvalue weighted by molar-refractivity contribution is 0.0525. The smallest absolute Gasteiger partial charge is 0.338 e. The first-order valence-electron chi connectivity index (χ1n) is 10.7. The van der Waals surface area contributed by atoms with Gasteiger partial charge in [0.15, 0.2) is 0 Å². The van der Waals surface area contributed by atoms with Gasteiger partial charge in [-0.25, -0.2) is 4.79 Å². The number of rotatable bonds is 8. The van der Waals surface area contributed by atoms with E-state index in [-0.39, 0.29) is 5.97 Å². The Kier molecular flexibility index (Phi) is 6.18. The minimum absolute atomic E-state index is 0.229. The second-order valence-electron chi connectivity index (χ2n) is 7.95. The maximum absolute atomic E-state index is 12.3. The van der Waals surface area contributed by atoms with Crippen LogP contribution in [0.1, 0.15) is 51.9 Å². The van der Waals surface area contributed by atoms with Crippen LogP contribution in [0.3, 0.4) is 0 Å². The van der Waals surface area contributed by atoms with E-state index in [9.17, 15) is 4.79 Å². The lowest BCUT2D eigenvalue weighted by Crippen LogP contribution is -2.08. The van der Waals surface area contributed by atoms with E-state index in [1.54, 1.807) is 0 Å². The highest BCUT2D eigenvalue weighted by Gasteiger charge is 2.40. The summed E-state index contributed by atoms with van der Waals surface area (Å²) in [6.07, 6.45) is 1.99. The lowest BCUT2D eigenvalue weighted by atomic mass is 9.98. The second kappa shape index (κ2) is 9.17. The standard InChI is InChI=1S/C27H28O3/c1-3-29-27(28)23-14-8-7-13-21(23)16-22-17-25(22)24-15-9-10-19(2)26(24)30-18-20-11-5-4-6-12-20/h4-15,22,25H,3,16-18H2,1-2H3. The number of carbonyl (C=O) groups excluding carboxylic acids is 1. The molecule has 1 aliphatic carbocycles. The highest BCUT2D eigenvalue weighted by atomic mass is 16.5. The molecule has 4 rings (SSSR count). The van der Waals surface area contributed by atoms with Gasteiger partial charge >= 0.3 is 5.97 Å². The fourth-order valence-electron chi connectivity index (χ4n) is 4.14. The summed E-state index contributed by atoms with van der Waals surface area (Å²) in [4.78, 5) is 12.3. The Hall–Kier alpha value is -3.07. The third kappa shape index (κ3) is 4.56. The molecule has 0 aliphatic heterocycles. The molecule has 1 aliphatic rings. The molecule has 3 nitrogen and oxygen atoms in total. The van der Waals surface area contributed by atoms with Gasteiger partial charge in [-0.05, 0) is 66.8 Å². The van der Waals surface area contributed by atoms with Gasteiger partial charge in [0.2, 0.25) is 0 Å². The van der Waals surface area contributed by atoms with Crippen molar-refractivity contribution in [3.63, 3.8) is 0 Å². The molecule has 2 unspecified atom stereocenters. The maximum Gasteiger partial charge on any atom is 0.338 e. The summed E-state index contributed by atoms with van der Waals surface area (Å²) in [5.74, 6) is 1.76. The lowest BCUT2D eigenvalue weighted by Gasteiger charge is -2.15. The summed E-state index contributed by atoms with van der Waals surface area (Å²) in [6.45, 7) is 4.91. The third-order valence-electron chi connectivity index (χ3n) is 5.79. The Morgan fingerprint density at radius 2 is 1.73 bits per heavy atom. The maximum atomic E-state index is 12.3. The van der Waals surface area contributed by atoms with E-state index in [4.69, 9.17) is 9.47 Å². The van der Waals surface area contributed by atoms with Gasteiger partial charge in [0.05, 0.1) is 12.2 Å². The number of hydrogen-bond acceptors (Lipinski definition) is 3. The largest absolute Gasteiger partial charge is 0.488 e. The van der Waals surface area contributed by atoms with Crippen molar-refractivity contribution in [2.24, 2.45) is 5.92 Å². The molecular weight excluding hydrogens is 372 g/mol. The molecule has 0 N–H and O–H groups in total. The molecule has 0 aromatic heterocycles. The molecule has 3 aromatic rings. The van der Waals surface area contributed by atoms with E-state index in [2.05, 4.69) is 37.3 Å². The van der Waals surface area contributed by atoms with Crippen molar-refractivity contribution in [2.75, 3.05) is 6.61 Å². The average Bonchev–Trinajstić information content (AvgIpc) is 3.53. The predicted molar refractivity (Wildman–Crippen MR) is 119 cm³/mol. The van der Waals surface area contributed by atoms with Crippen molar-refractivity contribution in [1.82, 2.24) is 0 Å². The Labute approximate surface area is 178 Å². The summed E-state index contributed by atoms with van der Waals surface area (Å²) in [7, 11) is 0. The van der Waals surface area contributed by atoms with E-state index in [1.807, 2.05) is 49.4 Å². The first-order chi connectivity index (χ1) is 14.7. The highest BCUT2D eigenvalue weighted by Crippen LogP contribution is 2.52. The molecular formula is C27H28O3. The predicted octanol–water partition coefficient (Wildman–Crippen LogP) is 6.10. The number of ether oxygens (including phenoxy) is 2. The number of benzene rings is 3. The Morgan fingerprint density at radius 3 is 2.53 bits per heavy atom. The van der Waals surface area contributed by atoms with Gasteiger partial charge in [-0.1, -0.05) is 66.7 Å². The zero-order valence-corrected chi connectivity index (χ0v) is 17.6. The van der Waals surface area contributed by atoms with Gasteiger partial charge in [-0.15, -0.1) is 0 Å². The minimum Gasteiger partial charge on any atom is -0.488 e. The molecule has 1 saturated carbocycles. The van der Waals surface area contributed by atoms with Gasteiger partial charge in [0, 0.05) is 0 Å². The molecule has 3 aromatic carbocycles. The van der Waals surface area contributed by atoms with Crippen molar-refractivity contribution in [2.45, 2.75) is 39.2 Å². The molecule has 154 valence electrons. The van der Waals surface area contributed by atoms with Gasteiger partial charge < -0.3 is 9.47 Å². The molecule has 3 heteroatoms. The van der Waals surface area contributed by atoms with Crippen molar-refractivity contribution < 1.29 is 14.3 Å². The highest BCUT2D eigenvalue weighted by molar-refractivity contribution is 5.91. The molecule has 0 bridgehead atoms. The molecule has 1 fully saturated rings. The van der Waals surface area contributed by atoms with E-state index in [0.717, 1.165) is 24.2 Å². The summed E-state index contributed by atoms with van der Waals surface area (Å²) >= 11 is 0. The third-order valence-corrected chi connectivity index (χ3v) is 5.79. The SMILES string of the molecule is CCOC(=O)c1ccccc1CC1CC1c1cccc(C)c1OCc1ccccc1. The summed E-state index contributed by atoms with van der Waals surface area (Å²) in [5.41, 5.74) is 5.38. The number of hydrogen-bond donors (Lipinski definition) is 0. The van der Waals surface area contributed by atoms with E-state index >= 15 is 0 Å². The molecule has 2 atom stereocenters. The minimum atomic E-state index is -0.229. The Balaban J connectivity index is 1.48. The molecule has 0 radical (unpaired) electrons. The summed E-state index contributed by atoms with van der Waals surface area (Å²) < 4.78 is 11.5. The monoisotopic (exact) mass is 400 g/mol. The quantitative estimate of drug-likeness (QED) is 0.429. The summed E-state index contributed by atoms with van der Waals surface area (Å²) in [5, 5.41) is 0. The van der Waals surface area contributed by atoms with Crippen molar-refractivity contribution in [3.05, 3.63) is 101 Å². The first-order valence-corrected chi connectivity index (χ1v) is 10.7. The fourth-order valence-corrected chi connectivity index (χ4v) is 4.14. The van der Waals surface area contributed by atoms with Gasteiger partial charge in [-0.3, -0.25) is 0 Å². The van der Waals surface area contributed by atoms with Crippen LogP contribution >= 0.6 is 0 Å². The Morgan fingerprint density at radius 1 is 0.967 bits per heavy atom. The van der Waals surface area contributed by atoms with Crippen LogP contribution in [0.25, 0.3) is 0 Å². The normalized spacial score (nSPS) is 17.4. The van der Waals surface area contributed by atoms with Crippen LogP contribution in [0.2, 0.25) is 0 Å². The average molecular weight is 401 g/mol. The number of para-hydroxylation sites is 1. The number of esters is 1. The van der Waals surface area contributed by atoms with Crippen molar-refractivity contribution in [1.29, 1.82) is 0 Å². The van der Waals surface area contributed by atoms with Gasteiger partial charge in [-0.2, -0.15) is 0 Å². The number of carbonyl (C=O) groups is 1. The van der Waals surface area contributed by atoms with E-state index in [0.29, 0.717) is 30.6 Å². The first kappa shape index (κ1) is 20.2. The Bertz CT molecular complexity index is 1010. The zero-order valence-electron chi connectivity index (χ0n) is 17.6.